The van der Waals surface area contributed by atoms with Gasteiger partial charge in [-0.15, -0.1) is 11.8 Å². The largest absolute Gasteiger partial charge is 0.492 e. The van der Waals surface area contributed by atoms with Gasteiger partial charge in [-0.2, -0.15) is 0 Å². The molecule has 2 saturated heterocycles. The van der Waals surface area contributed by atoms with Crippen LogP contribution in [-0.4, -0.2) is 43.1 Å². The van der Waals surface area contributed by atoms with Gasteiger partial charge in [-0.3, -0.25) is 4.79 Å². The summed E-state index contributed by atoms with van der Waals surface area (Å²) in [5, 5.41) is 4.97. The molecule has 7 heteroatoms. The summed E-state index contributed by atoms with van der Waals surface area (Å²) in [6.07, 6.45) is 4.52. The van der Waals surface area contributed by atoms with E-state index in [1.165, 1.54) is 18.9 Å². The highest BCUT2D eigenvalue weighted by Crippen LogP contribution is 2.46. The summed E-state index contributed by atoms with van der Waals surface area (Å²) in [6, 6.07) is 3.87. The molecular formula is C22H28FN3O2S. The Morgan fingerprint density at radius 2 is 2.10 bits per heavy atom. The van der Waals surface area contributed by atoms with E-state index in [-0.39, 0.29) is 11.2 Å². The number of pyridine rings is 1. The molecule has 5 nitrogen and oxygen atoms in total. The summed E-state index contributed by atoms with van der Waals surface area (Å²) in [4.78, 5) is 15.0. The smallest absolute Gasteiger partial charge is 0.190 e. The Morgan fingerprint density at radius 3 is 2.79 bits per heavy atom. The zero-order chi connectivity index (χ0) is 20.1. The van der Waals surface area contributed by atoms with Crippen molar-refractivity contribution in [2.45, 2.75) is 49.7 Å². The lowest BCUT2D eigenvalue weighted by atomic mass is 9.94. The summed E-state index contributed by atoms with van der Waals surface area (Å²) in [6.45, 7) is 4.72. The van der Waals surface area contributed by atoms with E-state index in [1.807, 2.05) is 0 Å². The average Bonchev–Trinajstić information content (AvgIpc) is 3.45. The molecule has 3 fully saturated rings. The van der Waals surface area contributed by atoms with E-state index in [4.69, 9.17) is 4.74 Å². The van der Waals surface area contributed by atoms with Gasteiger partial charge in [0.25, 0.3) is 0 Å². The lowest BCUT2D eigenvalue weighted by Crippen LogP contribution is -2.40. The first kappa shape index (κ1) is 19.2. The predicted molar refractivity (Wildman–Crippen MR) is 116 cm³/mol. The summed E-state index contributed by atoms with van der Waals surface area (Å²) in [5.41, 5.74) is 1.15. The number of ether oxygens (including phenoxy) is 1. The number of rotatable bonds is 5. The number of anilines is 1. The van der Waals surface area contributed by atoms with Crippen molar-refractivity contribution in [3.8, 4) is 5.75 Å². The molecule has 0 spiro atoms. The molecule has 1 aromatic heterocycles. The number of aromatic nitrogens is 1. The van der Waals surface area contributed by atoms with E-state index in [0.29, 0.717) is 34.8 Å². The summed E-state index contributed by atoms with van der Waals surface area (Å²) in [5.74, 6) is 1.58. The molecule has 0 unspecified atom stereocenters. The highest BCUT2D eigenvalue weighted by molar-refractivity contribution is 7.99. The zero-order valence-corrected chi connectivity index (χ0v) is 17.9. The Labute approximate surface area is 174 Å². The van der Waals surface area contributed by atoms with Gasteiger partial charge in [0.1, 0.15) is 5.69 Å². The molecule has 0 radical (unpaired) electrons. The van der Waals surface area contributed by atoms with Crippen LogP contribution >= 0.6 is 11.8 Å². The molecule has 1 aliphatic carbocycles. The Bertz CT molecular complexity index is 990. The number of piperidine rings is 1. The van der Waals surface area contributed by atoms with E-state index < -0.39 is 0 Å². The quantitative estimate of drug-likeness (QED) is 0.750. The molecule has 5 rings (SSSR count). The Kier molecular flexibility index (Phi) is 4.98. The fraction of sp³-hybridized carbons (Fsp3) is 0.591. The van der Waals surface area contributed by atoms with E-state index in [2.05, 4.69) is 21.7 Å². The van der Waals surface area contributed by atoms with Crippen molar-refractivity contribution in [3.63, 3.8) is 0 Å². The normalized spacial score (nSPS) is 24.2. The minimum atomic E-state index is -0.358. The Balaban J connectivity index is 1.72. The molecule has 1 aromatic carbocycles. The maximum absolute atomic E-state index is 15.4. The second-order valence-electron chi connectivity index (χ2n) is 8.39. The van der Waals surface area contributed by atoms with Crippen LogP contribution in [0, 0.1) is 11.7 Å². The number of benzene rings is 1. The van der Waals surface area contributed by atoms with Crippen molar-refractivity contribution in [3.05, 3.63) is 28.2 Å². The molecule has 29 heavy (non-hydrogen) atoms. The highest BCUT2D eigenvalue weighted by atomic mass is 32.2. The van der Waals surface area contributed by atoms with Crippen LogP contribution in [0.25, 0.3) is 10.9 Å². The number of fused-ring (bicyclic) bond motifs is 2. The van der Waals surface area contributed by atoms with E-state index >= 15 is 4.39 Å². The maximum atomic E-state index is 15.4. The van der Waals surface area contributed by atoms with Crippen LogP contribution < -0.4 is 20.4 Å². The molecule has 1 saturated carbocycles. The van der Waals surface area contributed by atoms with Gasteiger partial charge < -0.3 is 19.5 Å². The first-order chi connectivity index (χ1) is 14.1. The third-order valence-corrected chi connectivity index (χ3v) is 7.40. The molecule has 0 amide bonds. The minimum absolute atomic E-state index is 0.131. The molecule has 3 heterocycles. The average molecular weight is 418 g/mol. The Hall–Kier alpha value is -1.73. The predicted octanol–water partition coefficient (Wildman–Crippen LogP) is 3.78. The SMILES string of the molecule is CCSc1cc(=O)c2cc(F)c(N3C[C@@H]4CCCN[C@@H]4C3)c(OC)c2n1C1CC1. The maximum Gasteiger partial charge on any atom is 0.190 e. The van der Waals surface area contributed by atoms with Crippen molar-refractivity contribution in [1.29, 1.82) is 0 Å². The van der Waals surface area contributed by atoms with E-state index in [9.17, 15) is 4.79 Å². The van der Waals surface area contributed by atoms with Gasteiger partial charge in [0.05, 0.1) is 23.0 Å². The number of nitrogens with one attached hydrogen (secondary N) is 1. The second-order valence-corrected chi connectivity index (χ2v) is 9.67. The number of thioether (sulfide) groups is 1. The number of nitrogens with zero attached hydrogens (tertiary/aromatic N) is 2. The van der Waals surface area contributed by atoms with Gasteiger partial charge >= 0.3 is 0 Å². The topological polar surface area (TPSA) is 46.5 Å². The lowest BCUT2D eigenvalue weighted by Gasteiger charge is -2.25. The lowest BCUT2D eigenvalue weighted by molar-refractivity contribution is 0.340. The summed E-state index contributed by atoms with van der Waals surface area (Å²) >= 11 is 1.67. The zero-order valence-electron chi connectivity index (χ0n) is 17.0. The molecule has 3 aliphatic rings. The van der Waals surface area contributed by atoms with Crippen LogP contribution in [0.4, 0.5) is 10.1 Å². The third kappa shape index (κ3) is 3.22. The molecule has 0 bridgehead atoms. The van der Waals surface area contributed by atoms with Crippen molar-refractivity contribution < 1.29 is 9.13 Å². The number of hydrogen-bond acceptors (Lipinski definition) is 5. The first-order valence-corrected chi connectivity index (χ1v) is 11.7. The Morgan fingerprint density at radius 1 is 1.28 bits per heavy atom. The fourth-order valence-electron chi connectivity index (χ4n) is 5.07. The minimum Gasteiger partial charge on any atom is -0.492 e. The van der Waals surface area contributed by atoms with Crippen LogP contribution in [0.5, 0.6) is 5.75 Å². The van der Waals surface area contributed by atoms with Gasteiger partial charge in [0.15, 0.2) is 17.0 Å². The van der Waals surface area contributed by atoms with Gasteiger partial charge in [-0.25, -0.2) is 4.39 Å². The molecule has 2 aromatic rings. The van der Waals surface area contributed by atoms with Crippen LogP contribution in [0.1, 0.15) is 38.6 Å². The van der Waals surface area contributed by atoms with Crippen molar-refractivity contribution in [2.24, 2.45) is 5.92 Å². The third-order valence-electron chi connectivity index (χ3n) is 6.50. The van der Waals surface area contributed by atoms with Crippen LogP contribution in [-0.2, 0) is 0 Å². The standard InChI is InChI=1S/C22H28FN3O2S/c1-3-29-19-10-18(27)15-9-16(23)21(22(28-2)20(15)26(19)14-6-7-14)25-11-13-5-4-8-24-17(13)12-25/h9-10,13-14,17,24H,3-8,11-12H2,1-2H3/t13-,17+/m0/s1. The monoisotopic (exact) mass is 417 g/mol. The number of hydrogen-bond donors (Lipinski definition) is 1. The summed E-state index contributed by atoms with van der Waals surface area (Å²) in [7, 11) is 1.60. The van der Waals surface area contributed by atoms with Crippen LogP contribution in [0.2, 0.25) is 0 Å². The van der Waals surface area contributed by atoms with Crippen LogP contribution in [0.3, 0.4) is 0 Å². The first-order valence-electron chi connectivity index (χ1n) is 10.7. The second kappa shape index (κ2) is 7.51. The molecule has 2 atom stereocenters. The highest BCUT2D eigenvalue weighted by Gasteiger charge is 2.38. The fourth-order valence-corrected chi connectivity index (χ4v) is 5.94. The van der Waals surface area contributed by atoms with Crippen LogP contribution in [0.15, 0.2) is 22.0 Å². The van der Waals surface area contributed by atoms with E-state index in [1.54, 1.807) is 24.9 Å². The van der Waals surface area contributed by atoms with Crippen molar-refractivity contribution >= 4 is 28.4 Å². The van der Waals surface area contributed by atoms with Gasteiger partial charge in [0, 0.05) is 31.2 Å². The molecule has 156 valence electrons. The summed E-state index contributed by atoms with van der Waals surface area (Å²) < 4.78 is 23.4. The van der Waals surface area contributed by atoms with Gasteiger partial charge in [-0.05, 0) is 50.0 Å². The van der Waals surface area contributed by atoms with Gasteiger partial charge in [-0.1, -0.05) is 6.92 Å². The molecule has 2 aliphatic heterocycles. The molecular weight excluding hydrogens is 389 g/mol. The van der Waals surface area contributed by atoms with Crippen molar-refractivity contribution in [1.82, 2.24) is 9.88 Å². The van der Waals surface area contributed by atoms with Crippen molar-refractivity contribution in [2.75, 3.05) is 37.4 Å². The molecule has 1 N–H and O–H groups in total. The van der Waals surface area contributed by atoms with E-state index in [0.717, 1.165) is 48.8 Å². The number of halogens is 1. The van der Waals surface area contributed by atoms with Gasteiger partial charge in [0.2, 0.25) is 0 Å². The number of methoxy groups -OCH3 is 1.